The summed E-state index contributed by atoms with van der Waals surface area (Å²) in [5.74, 6) is 0.199. The van der Waals surface area contributed by atoms with E-state index in [0.717, 1.165) is 48.6 Å². The first-order valence-electron chi connectivity index (χ1n) is 13.2. The monoisotopic (exact) mass is 522 g/mol. The van der Waals surface area contributed by atoms with Crippen molar-refractivity contribution in [2.24, 2.45) is 0 Å². The van der Waals surface area contributed by atoms with E-state index in [4.69, 9.17) is 9.47 Å². The highest BCUT2D eigenvalue weighted by Crippen LogP contribution is 2.32. The average Bonchev–Trinajstić information content (AvgIpc) is 2.94. The number of nitrogens with zero attached hydrogens (tertiary/aromatic N) is 1. The van der Waals surface area contributed by atoms with Gasteiger partial charge < -0.3 is 24.8 Å². The van der Waals surface area contributed by atoms with E-state index in [-0.39, 0.29) is 24.4 Å². The lowest BCUT2D eigenvalue weighted by Crippen LogP contribution is -2.92. The lowest BCUT2D eigenvalue weighted by atomic mass is 10.0. The van der Waals surface area contributed by atoms with Gasteiger partial charge in [0.2, 0.25) is 0 Å². The van der Waals surface area contributed by atoms with Crippen LogP contribution in [0.5, 0.6) is 5.75 Å². The van der Waals surface area contributed by atoms with E-state index in [0.29, 0.717) is 25.4 Å². The van der Waals surface area contributed by atoms with Crippen molar-refractivity contribution in [1.82, 2.24) is 0 Å². The molecule has 1 heterocycles. The van der Waals surface area contributed by atoms with Crippen molar-refractivity contribution < 1.29 is 29.1 Å². The number of quaternary nitrogens is 1. The molecule has 0 fully saturated rings. The van der Waals surface area contributed by atoms with Crippen LogP contribution in [0.15, 0.2) is 72.8 Å². The fourth-order valence-electron chi connectivity index (χ4n) is 4.66. The van der Waals surface area contributed by atoms with E-state index in [1.807, 2.05) is 61.5 Å². The standard InChI is InChI=1S/C30H36FN3O4/c1-2-37-29(30(36)33-26(21-35)23-7-4-3-5-8-23)19-22-9-12-25(13-10-22)32-15-6-16-34-17-18-38-28-20-24(31)11-14-27(28)34/h3-5,7-14,20,26,29,32,35H,2,6,15-19,21H2,1H3,(H,33,36)/p+1/t26?,29-/m0/s1. The van der Waals surface area contributed by atoms with Crippen LogP contribution in [-0.4, -0.2) is 56.6 Å². The van der Waals surface area contributed by atoms with Crippen molar-refractivity contribution in [3.05, 3.63) is 89.7 Å². The smallest absolute Gasteiger partial charge is 0.340 e. The molecular weight excluding hydrogens is 485 g/mol. The van der Waals surface area contributed by atoms with Crippen LogP contribution < -0.4 is 20.3 Å². The predicted molar refractivity (Wildman–Crippen MR) is 146 cm³/mol. The van der Waals surface area contributed by atoms with Crippen molar-refractivity contribution >= 4 is 17.3 Å². The highest BCUT2D eigenvalue weighted by atomic mass is 19.1. The van der Waals surface area contributed by atoms with Gasteiger partial charge in [0.05, 0.1) is 18.8 Å². The van der Waals surface area contributed by atoms with E-state index in [1.54, 1.807) is 11.4 Å². The number of hydrogen-bond donors (Lipinski definition) is 3. The molecule has 0 spiro atoms. The van der Waals surface area contributed by atoms with Gasteiger partial charge in [-0.1, -0.05) is 42.5 Å². The molecule has 1 unspecified atom stereocenters. The molecule has 1 aliphatic heterocycles. The molecule has 0 saturated heterocycles. The van der Waals surface area contributed by atoms with E-state index in [1.165, 1.54) is 12.1 Å². The van der Waals surface area contributed by atoms with Crippen molar-refractivity contribution in [2.75, 3.05) is 49.7 Å². The number of carbonyl (C=O) groups excluding carboxylic acids is 1. The Morgan fingerprint density at radius 3 is 2.68 bits per heavy atom. The number of aliphatic hydroxyl groups is 1. The van der Waals surface area contributed by atoms with Crippen molar-refractivity contribution in [1.29, 1.82) is 0 Å². The maximum Gasteiger partial charge on any atom is 0.340 e. The van der Waals surface area contributed by atoms with Gasteiger partial charge in [0.15, 0.2) is 6.10 Å². The number of amides is 1. The lowest BCUT2D eigenvalue weighted by Gasteiger charge is -2.31. The summed E-state index contributed by atoms with van der Waals surface area (Å²) in [7, 11) is 0. The Bertz CT molecular complexity index is 1160. The molecule has 4 N–H and O–H groups in total. The van der Waals surface area contributed by atoms with Crippen LogP contribution in [0, 0.1) is 5.82 Å². The van der Waals surface area contributed by atoms with Gasteiger partial charge in [-0.25, -0.2) is 9.18 Å². The maximum atomic E-state index is 13.5. The van der Waals surface area contributed by atoms with Crippen LogP contribution in [0.2, 0.25) is 0 Å². The molecule has 0 bridgehead atoms. The fraction of sp³-hybridized carbons (Fsp3) is 0.367. The number of ether oxygens (including phenoxy) is 2. The van der Waals surface area contributed by atoms with Gasteiger partial charge in [0.25, 0.3) is 0 Å². The number of carbonyl (C=O) groups is 1. The van der Waals surface area contributed by atoms with Crippen LogP contribution in [0.3, 0.4) is 0 Å². The Hall–Kier alpha value is -3.46. The molecule has 0 aliphatic carbocycles. The van der Waals surface area contributed by atoms with Crippen LogP contribution in [0.25, 0.3) is 0 Å². The summed E-state index contributed by atoms with van der Waals surface area (Å²) < 4.78 is 24.8. The molecule has 0 saturated carbocycles. The minimum absolute atomic E-state index is 0.121. The fourth-order valence-corrected chi connectivity index (χ4v) is 4.66. The number of aliphatic hydroxyl groups excluding tert-OH is 1. The maximum absolute atomic E-state index is 13.5. The van der Waals surface area contributed by atoms with E-state index in [9.17, 15) is 14.3 Å². The summed E-state index contributed by atoms with van der Waals surface area (Å²) in [6, 6.07) is 21.9. The van der Waals surface area contributed by atoms with Gasteiger partial charge in [-0.3, -0.25) is 5.32 Å². The van der Waals surface area contributed by atoms with E-state index < -0.39 is 6.10 Å². The number of hydrogen-bond acceptors (Lipinski definition) is 6. The quantitative estimate of drug-likeness (QED) is 0.299. The normalized spacial score (nSPS) is 14.3. The summed E-state index contributed by atoms with van der Waals surface area (Å²) >= 11 is 0. The van der Waals surface area contributed by atoms with E-state index >= 15 is 0 Å². The zero-order chi connectivity index (χ0) is 26.7. The van der Waals surface area contributed by atoms with Crippen LogP contribution in [-0.2, 0) is 16.0 Å². The number of fused-ring (bicyclic) bond motifs is 1. The molecule has 4 rings (SSSR count). The number of nitrogens with two attached hydrogens (primary N) is 1. The molecule has 8 heteroatoms. The first kappa shape index (κ1) is 27.6. The van der Waals surface area contributed by atoms with Gasteiger partial charge >= 0.3 is 5.91 Å². The first-order chi connectivity index (χ1) is 18.6. The molecule has 202 valence electrons. The molecule has 1 aliphatic rings. The Labute approximate surface area is 223 Å². The molecule has 2 atom stereocenters. The number of primary amides is 1. The Kier molecular flexibility index (Phi) is 10.1. The van der Waals surface area contributed by atoms with Crippen LogP contribution in [0.4, 0.5) is 15.8 Å². The van der Waals surface area contributed by atoms with Crippen molar-refractivity contribution in [2.45, 2.75) is 31.9 Å². The lowest BCUT2D eigenvalue weighted by molar-refractivity contribution is -0.618. The van der Waals surface area contributed by atoms with Gasteiger partial charge in [-0.05, 0) is 43.2 Å². The van der Waals surface area contributed by atoms with Gasteiger partial charge in [0, 0.05) is 43.4 Å². The highest BCUT2D eigenvalue weighted by Gasteiger charge is 2.27. The molecule has 1 amide bonds. The third kappa shape index (κ3) is 7.54. The highest BCUT2D eigenvalue weighted by molar-refractivity contribution is 5.71. The number of nitrogens with one attached hydrogen (secondary N) is 1. The van der Waals surface area contributed by atoms with Crippen LogP contribution >= 0.6 is 0 Å². The van der Waals surface area contributed by atoms with Gasteiger partial charge in [-0.15, -0.1) is 0 Å². The summed E-state index contributed by atoms with van der Waals surface area (Å²) in [5, 5.41) is 14.8. The SMILES string of the molecule is CCO[C@@H](Cc1ccc(NCCCN2CCOc3cc(F)ccc32)cc1)C(=O)[NH2+]C(CO)c1ccccc1. The molecule has 3 aromatic carbocycles. The van der Waals surface area contributed by atoms with Crippen LogP contribution in [0.1, 0.15) is 30.5 Å². The summed E-state index contributed by atoms with van der Waals surface area (Å²) in [4.78, 5) is 15.2. The zero-order valence-corrected chi connectivity index (χ0v) is 21.8. The van der Waals surface area contributed by atoms with Crippen molar-refractivity contribution in [3.63, 3.8) is 0 Å². The molecule has 7 nitrogen and oxygen atoms in total. The molecule has 3 aromatic rings. The van der Waals surface area contributed by atoms with Gasteiger partial charge in [0.1, 0.15) is 24.2 Å². The minimum Gasteiger partial charge on any atom is -0.489 e. The first-order valence-corrected chi connectivity index (χ1v) is 13.2. The largest absolute Gasteiger partial charge is 0.489 e. The molecular formula is C30H37FN3O4+. The van der Waals surface area contributed by atoms with Crippen molar-refractivity contribution in [3.8, 4) is 5.75 Å². The second-order valence-electron chi connectivity index (χ2n) is 9.34. The Morgan fingerprint density at radius 2 is 1.95 bits per heavy atom. The topological polar surface area (TPSA) is 87.6 Å². The molecule has 0 aromatic heterocycles. The number of halogens is 1. The second kappa shape index (κ2) is 13.9. The number of anilines is 2. The van der Waals surface area contributed by atoms with Gasteiger partial charge in [-0.2, -0.15) is 0 Å². The summed E-state index contributed by atoms with van der Waals surface area (Å²) in [6.45, 7) is 5.16. The molecule has 38 heavy (non-hydrogen) atoms. The second-order valence-corrected chi connectivity index (χ2v) is 9.34. The summed E-state index contributed by atoms with van der Waals surface area (Å²) in [5.41, 5.74) is 3.86. The minimum atomic E-state index is -0.596. The average molecular weight is 523 g/mol. The Balaban J connectivity index is 1.25. The molecule has 0 radical (unpaired) electrons. The Morgan fingerprint density at radius 1 is 1.16 bits per heavy atom. The number of rotatable bonds is 13. The third-order valence-corrected chi connectivity index (χ3v) is 6.67. The zero-order valence-electron chi connectivity index (χ0n) is 21.8. The summed E-state index contributed by atoms with van der Waals surface area (Å²) in [6.07, 6.45) is 0.789. The number of benzene rings is 3. The van der Waals surface area contributed by atoms with E-state index in [2.05, 4.69) is 10.2 Å². The third-order valence-electron chi connectivity index (χ3n) is 6.67. The predicted octanol–water partition coefficient (Wildman–Crippen LogP) is 3.30.